The molecule has 1 aromatic rings. The Hall–Kier alpha value is -1.82. The summed E-state index contributed by atoms with van der Waals surface area (Å²) in [5.74, 6) is -0.219. The molecule has 1 fully saturated rings. The predicted octanol–water partition coefficient (Wildman–Crippen LogP) is 5.44. The number of methoxy groups -OCH3 is 1. The third-order valence-corrected chi connectivity index (χ3v) is 16.7. The van der Waals surface area contributed by atoms with Gasteiger partial charge < -0.3 is 28.6 Å². The zero-order valence-electron chi connectivity index (χ0n) is 23.8. The van der Waals surface area contributed by atoms with Gasteiger partial charge in [0.15, 0.2) is 16.6 Å². The van der Waals surface area contributed by atoms with Gasteiger partial charge in [-0.2, -0.15) is 4.79 Å². The number of rotatable bonds is 9. The molecule has 1 aliphatic heterocycles. The Morgan fingerprint density at radius 1 is 1.06 bits per heavy atom. The summed E-state index contributed by atoms with van der Waals surface area (Å²) >= 11 is 0. The van der Waals surface area contributed by atoms with E-state index in [0.717, 1.165) is 0 Å². The monoisotopic (exact) mass is 536 g/mol. The number of hydrogen-bond acceptors (Lipinski definition) is 6. The lowest BCUT2D eigenvalue weighted by molar-refractivity contribution is -0.144. The molecule has 2 rings (SSSR count). The van der Waals surface area contributed by atoms with Gasteiger partial charge in [0.25, 0.3) is 0 Å². The van der Waals surface area contributed by atoms with E-state index in [1.54, 1.807) is 24.3 Å². The maximum atomic E-state index is 12.9. The highest BCUT2D eigenvalue weighted by Gasteiger charge is 2.50. The Balaban J connectivity index is 2.24. The van der Waals surface area contributed by atoms with Crippen molar-refractivity contribution in [2.24, 2.45) is 0 Å². The first-order chi connectivity index (χ1) is 16.4. The highest BCUT2D eigenvalue weighted by Crippen LogP contribution is 2.42. The van der Waals surface area contributed by atoms with Crippen LogP contribution in [0.25, 0.3) is 5.53 Å². The van der Waals surface area contributed by atoms with Crippen LogP contribution in [0.15, 0.2) is 24.3 Å². The van der Waals surface area contributed by atoms with E-state index < -0.39 is 28.7 Å². The molecule has 0 aliphatic carbocycles. The first-order valence-electron chi connectivity index (χ1n) is 12.4. The Bertz CT molecular complexity index is 977. The van der Waals surface area contributed by atoms with Crippen LogP contribution in [-0.4, -0.2) is 71.7 Å². The van der Waals surface area contributed by atoms with Gasteiger partial charge in [-0.15, -0.1) is 0 Å². The van der Waals surface area contributed by atoms with Crippen LogP contribution >= 0.6 is 0 Å². The van der Waals surface area contributed by atoms with Gasteiger partial charge in [-0.25, -0.2) is 4.79 Å². The van der Waals surface area contributed by atoms with Crippen LogP contribution in [0.3, 0.4) is 0 Å². The third-order valence-electron chi connectivity index (χ3n) is 7.71. The van der Waals surface area contributed by atoms with Crippen molar-refractivity contribution in [3.8, 4) is 5.75 Å². The summed E-state index contributed by atoms with van der Waals surface area (Å²) in [6.07, 6.45) is -1.13. The van der Waals surface area contributed by atoms with Crippen LogP contribution < -0.4 is 4.74 Å². The second-order valence-corrected chi connectivity index (χ2v) is 21.9. The molecule has 0 unspecified atom stereocenters. The lowest BCUT2D eigenvalue weighted by Gasteiger charge is -2.43. The van der Waals surface area contributed by atoms with Gasteiger partial charge in [0, 0.05) is 0 Å². The summed E-state index contributed by atoms with van der Waals surface area (Å²) in [5.41, 5.74) is 9.71. The third kappa shape index (κ3) is 7.14. The number of carbonyl (C=O) groups excluding carboxylic acids is 1. The molecule has 202 valence electrons. The fourth-order valence-corrected chi connectivity index (χ4v) is 5.98. The lowest BCUT2D eigenvalue weighted by Crippen LogP contribution is -2.53. The number of ether oxygens (including phenoxy) is 3. The van der Waals surface area contributed by atoms with E-state index in [-0.39, 0.29) is 34.6 Å². The number of benzene rings is 1. The molecular weight excluding hydrogens is 492 g/mol. The van der Waals surface area contributed by atoms with Crippen molar-refractivity contribution in [1.29, 1.82) is 0 Å². The molecule has 10 heteroatoms. The van der Waals surface area contributed by atoms with Crippen molar-refractivity contribution in [3.05, 3.63) is 35.4 Å². The van der Waals surface area contributed by atoms with Crippen molar-refractivity contribution in [1.82, 2.24) is 0 Å². The molecule has 0 N–H and O–H groups in total. The largest absolute Gasteiger partial charge is 0.497 e. The molecule has 1 heterocycles. The summed E-state index contributed by atoms with van der Waals surface area (Å²) < 4.78 is 30.4. The quantitative estimate of drug-likeness (QED) is 0.137. The maximum absolute atomic E-state index is 12.9. The average molecular weight is 537 g/mol. The smallest absolute Gasteiger partial charge is 0.422 e. The normalized spacial score (nSPS) is 21.1. The second kappa shape index (κ2) is 11.3. The van der Waals surface area contributed by atoms with E-state index >= 15 is 0 Å². The molecule has 8 nitrogen and oxygen atoms in total. The first kappa shape index (κ1) is 30.4. The molecule has 1 saturated heterocycles. The molecule has 0 amide bonds. The first-order valence-corrected chi connectivity index (χ1v) is 18.3. The summed E-state index contributed by atoms with van der Waals surface area (Å²) in [5, 5.41) is 0.0176. The standard InChI is InChI=1S/C26H44N2O6Si2/c1-25(2,3)35(8,9)33-21-17-31-20(23(21)34-36(10,11)26(4,5)6)16-32-24(29)22(28-27)18-13-12-14-19(15-18)30-7/h12-15,20-21,23H,16-17H2,1-11H3/t20-,21-,23-/m1/s1. The molecule has 0 radical (unpaired) electrons. The summed E-state index contributed by atoms with van der Waals surface area (Å²) in [4.78, 5) is 16.0. The fourth-order valence-electron chi connectivity index (χ4n) is 3.33. The van der Waals surface area contributed by atoms with Crippen molar-refractivity contribution in [2.75, 3.05) is 20.3 Å². The minimum atomic E-state index is -2.19. The molecule has 0 bridgehead atoms. The van der Waals surface area contributed by atoms with Crippen LogP contribution in [0.2, 0.25) is 36.3 Å². The zero-order valence-corrected chi connectivity index (χ0v) is 25.8. The van der Waals surface area contributed by atoms with Gasteiger partial charge in [0.05, 0.1) is 25.4 Å². The average Bonchev–Trinajstić information content (AvgIpc) is 3.11. The van der Waals surface area contributed by atoms with E-state index in [0.29, 0.717) is 17.9 Å². The van der Waals surface area contributed by atoms with Gasteiger partial charge in [-0.1, -0.05) is 47.6 Å². The molecule has 0 aromatic heterocycles. The van der Waals surface area contributed by atoms with E-state index in [2.05, 4.69) is 72.5 Å². The van der Waals surface area contributed by atoms with Crippen LogP contribution in [-0.2, 0) is 23.1 Å². The van der Waals surface area contributed by atoms with Crippen LogP contribution in [0.1, 0.15) is 47.1 Å². The summed E-state index contributed by atoms with van der Waals surface area (Å²) in [6, 6.07) is 6.70. The van der Waals surface area contributed by atoms with E-state index in [1.165, 1.54) is 7.11 Å². The van der Waals surface area contributed by atoms with E-state index in [9.17, 15) is 10.3 Å². The number of hydrogen-bond donors (Lipinski definition) is 0. The minimum absolute atomic E-state index is 0.0125. The highest BCUT2D eigenvalue weighted by atomic mass is 28.4. The molecule has 36 heavy (non-hydrogen) atoms. The maximum Gasteiger partial charge on any atom is 0.422 e. The number of carbonyl (C=O) groups is 1. The Kier molecular flexibility index (Phi) is 9.53. The number of nitrogens with zero attached hydrogens (tertiary/aromatic N) is 2. The van der Waals surface area contributed by atoms with Crippen LogP contribution in [0, 0.1) is 0 Å². The topological polar surface area (TPSA) is 99.6 Å². The van der Waals surface area contributed by atoms with Gasteiger partial charge in [0.2, 0.25) is 0 Å². The van der Waals surface area contributed by atoms with E-state index in [1.807, 2.05) is 0 Å². The summed E-state index contributed by atoms with van der Waals surface area (Å²) in [6.45, 7) is 22.3. The molecule has 0 spiro atoms. The molecule has 1 aliphatic rings. The van der Waals surface area contributed by atoms with Gasteiger partial charge >= 0.3 is 11.7 Å². The Morgan fingerprint density at radius 2 is 1.64 bits per heavy atom. The molecular formula is C26H44N2O6Si2. The molecule has 1 aromatic carbocycles. The van der Waals surface area contributed by atoms with Crippen LogP contribution in [0.5, 0.6) is 5.75 Å². The fraction of sp³-hybridized carbons (Fsp3) is 0.692. The molecule has 0 saturated carbocycles. The SMILES string of the molecule is COc1cccc(C(=[N+]=[N-])C(=O)OC[C@H]2OC[C@@H](O[Si](C)(C)C(C)(C)C)[C@@H]2O[Si](C)(C)C(C)(C)C)c1. The van der Waals surface area contributed by atoms with Gasteiger partial charge in [0.1, 0.15) is 24.6 Å². The van der Waals surface area contributed by atoms with Crippen molar-refractivity contribution >= 4 is 28.3 Å². The lowest BCUT2D eigenvalue weighted by atomic mass is 10.1. The Labute approximate surface area is 218 Å². The predicted molar refractivity (Wildman–Crippen MR) is 146 cm³/mol. The molecule has 3 atom stereocenters. The Morgan fingerprint density at radius 3 is 2.17 bits per heavy atom. The zero-order chi connectivity index (χ0) is 27.5. The summed E-state index contributed by atoms with van der Waals surface area (Å²) in [7, 11) is -2.76. The van der Waals surface area contributed by atoms with Gasteiger partial charge in [-0.3, -0.25) is 0 Å². The number of esters is 1. The van der Waals surface area contributed by atoms with Gasteiger partial charge in [-0.05, 0) is 54.5 Å². The van der Waals surface area contributed by atoms with E-state index in [4.69, 9.17) is 23.1 Å². The van der Waals surface area contributed by atoms with Crippen molar-refractivity contribution in [2.45, 2.75) is 96.1 Å². The highest BCUT2D eigenvalue weighted by molar-refractivity contribution is 6.74. The minimum Gasteiger partial charge on any atom is -0.497 e. The second-order valence-electron chi connectivity index (χ2n) is 12.4. The van der Waals surface area contributed by atoms with Crippen molar-refractivity contribution in [3.63, 3.8) is 0 Å². The van der Waals surface area contributed by atoms with Crippen molar-refractivity contribution < 1.29 is 32.6 Å². The van der Waals surface area contributed by atoms with Crippen LogP contribution in [0.4, 0.5) is 0 Å².